The Labute approximate surface area is 153 Å². The molecular weight excluding hydrogens is 424 g/mol. The lowest BCUT2D eigenvalue weighted by molar-refractivity contribution is -0.157. The molecule has 0 aromatic carbocycles. The number of likely N-dealkylation sites (N-methyl/N-ethyl adjacent to an activating group) is 1. The molecule has 0 aliphatic heterocycles. The van der Waals surface area contributed by atoms with E-state index in [0.717, 1.165) is 19.9 Å². The summed E-state index contributed by atoms with van der Waals surface area (Å²) >= 11 is 0. The Morgan fingerprint density at radius 1 is 1.17 bits per heavy atom. The number of nitrogens with two attached hydrogens (primary N) is 1. The zero-order valence-corrected chi connectivity index (χ0v) is 16.1. The van der Waals surface area contributed by atoms with Gasteiger partial charge < -0.3 is 16.0 Å². The van der Waals surface area contributed by atoms with Gasteiger partial charge in [0.2, 0.25) is 5.91 Å². The number of hydrogen-bond acceptors (Lipinski definition) is 2. The number of halogens is 4. The molecule has 0 saturated carbocycles. The maximum absolute atomic E-state index is 12.1. The van der Waals surface area contributed by atoms with Gasteiger partial charge >= 0.3 is 6.18 Å². The molecule has 0 spiro atoms. The number of carbonyl (C=O) groups is 1. The Hall–Kier alpha value is -0.740. The van der Waals surface area contributed by atoms with Gasteiger partial charge in [0.25, 0.3) is 0 Å². The fourth-order valence-electron chi connectivity index (χ4n) is 1.81. The second-order valence-corrected chi connectivity index (χ2v) is 5.26. The number of carbonyl (C=O) groups excluding carboxylic acids is 1. The van der Waals surface area contributed by atoms with Crippen LogP contribution in [0.3, 0.4) is 0 Å². The molecule has 0 aromatic heterocycles. The fraction of sp³-hybridized carbons (Fsp3) is 0.857. The number of rotatable bonds is 10. The summed E-state index contributed by atoms with van der Waals surface area (Å²) in [7, 11) is 1.09. The van der Waals surface area contributed by atoms with Crippen LogP contribution < -0.4 is 11.1 Å². The minimum Gasteiger partial charge on any atom is -0.370 e. The second kappa shape index (κ2) is 13.7. The fourth-order valence-corrected chi connectivity index (χ4v) is 1.81. The summed E-state index contributed by atoms with van der Waals surface area (Å²) in [5.41, 5.74) is 5.56. The number of hydrogen-bond donors (Lipinski definition) is 2. The maximum atomic E-state index is 12.1. The topological polar surface area (TPSA) is 70.7 Å². The van der Waals surface area contributed by atoms with Crippen molar-refractivity contribution in [2.24, 2.45) is 10.7 Å². The number of unbranched alkanes of at least 4 members (excludes halogenated alkanes) is 5. The predicted octanol–water partition coefficient (Wildman–Crippen LogP) is 2.89. The van der Waals surface area contributed by atoms with Gasteiger partial charge in [-0.1, -0.05) is 39.0 Å². The number of nitrogens with one attached hydrogen (secondary N) is 1. The monoisotopic (exact) mass is 452 g/mol. The van der Waals surface area contributed by atoms with E-state index in [0.29, 0.717) is 11.4 Å². The lowest BCUT2D eigenvalue weighted by Crippen LogP contribution is -2.38. The summed E-state index contributed by atoms with van der Waals surface area (Å²) in [5.74, 6) is -0.635. The second-order valence-electron chi connectivity index (χ2n) is 5.26. The molecule has 3 N–H and O–H groups in total. The van der Waals surface area contributed by atoms with Crippen LogP contribution in [0, 0.1) is 0 Å². The number of aliphatic imine (C=N–C) groups is 1. The third kappa shape index (κ3) is 15.9. The van der Waals surface area contributed by atoms with Gasteiger partial charge in [0.1, 0.15) is 13.1 Å². The van der Waals surface area contributed by atoms with E-state index in [4.69, 9.17) is 5.73 Å². The molecule has 5 nitrogen and oxygen atoms in total. The van der Waals surface area contributed by atoms with Gasteiger partial charge in [-0.3, -0.25) is 4.79 Å². The Bertz CT molecular complexity index is 351. The van der Waals surface area contributed by atoms with Crippen LogP contribution >= 0.6 is 24.0 Å². The quantitative estimate of drug-likeness (QED) is 0.232. The summed E-state index contributed by atoms with van der Waals surface area (Å²) in [5, 5.41) is 2.85. The first kappa shape index (κ1) is 24.5. The van der Waals surface area contributed by atoms with Crippen molar-refractivity contribution < 1.29 is 18.0 Å². The minimum absolute atomic E-state index is 0. The van der Waals surface area contributed by atoms with E-state index in [1.54, 1.807) is 0 Å². The van der Waals surface area contributed by atoms with Crippen molar-refractivity contribution in [1.82, 2.24) is 10.2 Å². The van der Waals surface area contributed by atoms with Crippen molar-refractivity contribution in [3.05, 3.63) is 0 Å². The maximum Gasteiger partial charge on any atom is 0.406 e. The van der Waals surface area contributed by atoms with E-state index in [1.165, 1.54) is 25.7 Å². The van der Waals surface area contributed by atoms with Gasteiger partial charge in [0.05, 0.1) is 0 Å². The Balaban J connectivity index is 0. The molecule has 23 heavy (non-hydrogen) atoms. The third-order valence-electron chi connectivity index (χ3n) is 3.06. The summed E-state index contributed by atoms with van der Waals surface area (Å²) in [6.07, 6.45) is 2.47. The molecule has 138 valence electrons. The first-order valence-corrected chi connectivity index (χ1v) is 7.60. The Morgan fingerprint density at radius 3 is 2.30 bits per heavy atom. The molecule has 0 atom stereocenters. The Morgan fingerprint density at radius 2 is 1.74 bits per heavy atom. The highest BCUT2D eigenvalue weighted by molar-refractivity contribution is 14.0. The van der Waals surface area contributed by atoms with E-state index in [9.17, 15) is 18.0 Å². The van der Waals surface area contributed by atoms with Gasteiger partial charge in [0, 0.05) is 13.6 Å². The van der Waals surface area contributed by atoms with Crippen molar-refractivity contribution >= 4 is 35.8 Å². The molecule has 9 heteroatoms. The van der Waals surface area contributed by atoms with Crippen LogP contribution in [0.25, 0.3) is 0 Å². The highest BCUT2D eigenvalue weighted by Gasteiger charge is 2.30. The standard InChI is InChI=1S/C14H27F3N4O.HI/c1-3-4-5-6-7-8-9-19-13(18)20-10-12(22)21(2)11-14(15,16)17;/h3-11H2,1-2H3,(H3,18,19,20);1H. The van der Waals surface area contributed by atoms with E-state index < -0.39 is 18.6 Å². The van der Waals surface area contributed by atoms with E-state index in [2.05, 4.69) is 17.2 Å². The van der Waals surface area contributed by atoms with Gasteiger partial charge in [-0.2, -0.15) is 13.2 Å². The first-order chi connectivity index (χ1) is 10.3. The molecule has 0 aromatic rings. The number of alkyl halides is 3. The average Bonchev–Trinajstić information content (AvgIpc) is 2.41. The van der Waals surface area contributed by atoms with E-state index in [1.807, 2.05) is 0 Å². The Kier molecular flexibility index (Phi) is 14.6. The van der Waals surface area contributed by atoms with Gasteiger partial charge in [-0.25, -0.2) is 4.99 Å². The molecule has 0 rings (SSSR count). The van der Waals surface area contributed by atoms with Crippen LogP contribution in [0.5, 0.6) is 0 Å². The zero-order chi connectivity index (χ0) is 17.0. The normalized spacial score (nSPS) is 11.8. The summed E-state index contributed by atoms with van der Waals surface area (Å²) in [4.78, 5) is 15.8. The van der Waals surface area contributed by atoms with Crippen molar-refractivity contribution in [3.8, 4) is 0 Å². The number of nitrogens with zero attached hydrogens (tertiary/aromatic N) is 2. The molecule has 0 heterocycles. The predicted molar refractivity (Wildman–Crippen MR) is 97.0 cm³/mol. The molecule has 0 aliphatic carbocycles. The molecule has 1 amide bonds. The molecular formula is C14H28F3IN4O. The highest BCUT2D eigenvalue weighted by Crippen LogP contribution is 2.15. The van der Waals surface area contributed by atoms with Gasteiger partial charge in [-0.15, -0.1) is 24.0 Å². The lowest BCUT2D eigenvalue weighted by Gasteiger charge is -2.17. The largest absolute Gasteiger partial charge is 0.406 e. The van der Waals surface area contributed by atoms with E-state index >= 15 is 0 Å². The van der Waals surface area contributed by atoms with Gasteiger partial charge in [-0.05, 0) is 6.42 Å². The van der Waals surface area contributed by atoms with Crippen molar-refractivity contribution in [2.75, 3.05) is 26.7 Å². The molecule has 0 aliphatic rings. The highest BCUT2D eigenvalue weighted by atomic mass is 127. The van der Waals surface area contributed by atoms with Crippen LogP contribution in [0.1, 0.15) is 45.4 Å². The summed E-state index contributed by atoms with van der Waals surface area (Å²) in [6.45, 7) is 1.13. The molecule has 0 unspecified atom stereocenters. The van der Waals surface area contributed by atoms with Gasteiger partial charge in [0.15, 0.2) is 5.96 Å². The molecule has 0 saturated heterocycles. The first-order valence-electron chi connectivity index (χ1n) is 7.60. The average molecular weight is 452 g/mol. The summed E-state index contributed by atoms with van der Waals surface area (Å²) < 4.78 is 36.3. The molecule has 0 fully saturated rings. The minimum atomic E-state index is -4.41. The molecule has 0 radical (unpaired) electrons. The van der Waals surface area contributed by atoms with Crippen LogP contribution in [-0.2, 0) is 4.79 Å². The molecule has 0 bridgehead atoms. The van der Waals surface area contributed by atoms with Crippen molar-refractivity contribution in [3.63, 3.8) is 0 Å². The van der Waals surface area contributed by atoms with Crippen LogP contribution in [0.2, 0.25) is 0 Å². The van der Waals surface area contributed by atoms with Crippen LogP contribution in [0.4, 0.5) is 13.2 Å². The van der Waals surface area contributed by atoms with Crippen LogP contribution in [-0.4, -0.2) is 49.6 Å². The lowest BCUT2D eigenvalue weighted by atomic mass is 10.1. The summed E-state index contributed by atoms with van der Waals surface area (Å²) in [6, 6.07) is 0. The number of amides is 1. The van der Waals surface area contributed by atoms with Crippen LogP contribution in [0.15, 0.2) is 4.99 Å². The SMILES string of the molecule is CCCCCCCCNC(N)=NCC(=O)N(C)CC(F)(F)F.I. The zero-order valence-electron chi connectivity index (χ0n) is 13.8. The third-order valence-corrected chi connectivity index (χ3v) is 3.06. The smallest absolute Gasteiger partial charge is 0.370 e. The van der Waals surface area contributed by atoms with E-state index in [-0.39, 0.29) is 36.5 Å². The number of guanidine groups is 1. The van der Waals surface area contributed by atoms with Crippen molar-refractivity contribution in [1.29, 1.82) is 0 Å². The van der Waals surface area contributed by atoms with Crippen molar-refractivity contribution in [2.45, 2.75) is 51.6 Å².